The van der Waals surface area contributed by atoms with Crippen molar-refractivity contribution in [1.29, 1.82) is 0 Å². The van der Waals surface area contributed by atoms with Crippen LogP contribution in [0.1, 0.15) is 11.7 Å². The lowest BCUT2D eigenvalue weighted by Gasteiger charge is -2.08. The Morgan fingerprint density at radius 2 is 1.41 bits per heavy atom. The van der Waals surface area contributed by atoms with Gasteiger partial charge in [-0.2, -0.15) is 0 Å². The molecule has 10 heteroatoms. The molecule has 1 aromatic carbocycles. The fourth-order valence-corrected chi connectivity index (χ4v) is 1.15. The van der Waals surface area contributed by atoms with Crippen molar-refractivity contribution in [1.82, 2.24) is 0 Å². The number of aromatic hydroxyl groups is 2. The average Bonchev–Trinajstić information content (AvgIpc) is 2.48. The molecule has 0 saturated carbocycles. The highest BCUT2D eigenvalue weighted by Crippen LogP contribution is 2.27. The molecule has 1 aromatic rings. The molecular formula is C12H17NO9. The van der Waals surface area contributed by atoms with Gasteiger partial charge in [-0.15, -0.1) is 0 Å². The standard InChI is InChI=1S/C8H11NO3.C4H6O6/c9-4-8(12)5-1-2-6(10)7(11)3-5;5-1(3(7)8)2(6)4(9)10/h1-3,8,10-12H,4,9H2;1-2,5-6H,(H,7,8)(H,9,10). The highest BCUT2D eigenvalue weighted by Gasteiger charge is 2.29. The molecule has 0 radical (unpaired) electrons. The van der Waals surface area contributed by atoms with Crippen LogP contribution in [-0.4, -0.2) is 66.4 Å². The van der Waals surface area contributed by atoms with E-state index in [0.29, 0.717) is 5.56 Å². The summed E-state index contributed by atoms with van der Waals surface area (Å²) in [5.74, 6) is -3.99. The Labute approximate surface area is 124 Å². The van der Waals surface area contributed by atoms with Gasteiger partial charge < -0.3 is 41.5 Å². The first kappa shape index (κ1) is 19.6. The third-order valence-corrected chi connectivity index (χ3v) is 2.41. The van der Waals surface area contributed by atoms with Gasteiger partial charge in [-0.25, -0.2) is 9.59 Å². The molecule has 0 spiro atoms. The topological polar surface area (TPSA) is 202 Å². The van der Waals surface area contributed by atoms with Gasteiger partial charge in [0.1, 0.15) is 0 Å². The van der Waals surface area contributed by atoms with Gasteiger partial charge in [-0.05, 0) is 17.7 Å². The highest BCUT2D eigenvalue weighted by atomic mass is 16.4. The number of hydrogen-bond donors (Lipinski definition) is 8. The summed E-state index contributed by atoms with van der Waals surface area (Å²) in [5.41, 5.74) is 5.69. The molecule has 3 atom stereocenters. The third-order valence-electron chi connectivity index (χ3n) is 2.41. The van der Waals surface area contributed by atoms with Gasteiger partial charge in [0.2, 0.25) is 0 Å². The summed E-state index contributed by atoms with van der Waals surface area (Å²) in [7, 11) is 0. The van der Waals surface area contributed by atoms with E-state index in [1.807, 2.05) is 0 Å². The van der Waals surface area contributed by atoms with E-state index in [0.717, 1.165) is 0 Å². The van der Waals surface area contributed by atoms with Crippen LogP contribution in [0.4, 0.5) is 0 Å². The molecule has 0 heterocycles. The van der Waals surface area contributed by atoms with E-state index >= 15 is 0 Å². The van der Waals surface area contributed by atoms with E-state index in [-0.39, 0.29) is 18.0 Å². The van der Waals surface area contributed by atoms with Gasteiger partial charge in [0, 0.05) is 6.54 Å². The predicted molar refractivity (Wildman–Crippen MR) is 71.1 cm³/mol. The first-order valence-electron chi connectivity index (χ1n) is 5.83. The van der Waals surface area contributed by atoms with Crippen LogP contribution in [-0.2, 0) is 9.59 Å². The Hall–Kier alpha value is -2.40. The van der Waals surface area contributed by atoms with Crippen LogP contribution in [0, 0.1) is 0 Å². The van der Waals surface area contributed by atoms with Gasteiger partial charge in [0.25, 0.3) is 0 Å². The van der Waals surface area contributed by atoms with E-state index < -0.39 is 30.3 Å². The summed E-state index contributed by atoms with van der Waals surface area (Å²) in [5, 5.41) is 59.7. The first-order valence-corrected chi connectivity index (χ1v) is 5.83. The lowest BCUT2D eigenvalue weighted by atomic mass is 10.1. The average molecular weight is 319 g/mol. The van der Waals surface area contributed by atoms with Crippen molar-refractivity contribution in [2.45, 2.75) is 18.3 Å². The molecule has 0 aromatic heterocycles. The van der Waals surface area contributed by atoms with Gasteiger partial charge in [-0.1, -0.05) is 6.07 Å². The second-order valence-electron chi connectivity index (χ2n) is 4.07. The maximum Gasteiger partial charge on any atom is 0.335 e. The second kappa shape index (κ2) is 8.79. The monoisotopic (exact) mass is 319 g/mol. The van der Waals surface area contributed by atoms with Gasteiger partial charge >= 0.3 is 11.9 Å². The highest BCUT2D eigenvalue weighted by molar-refractivity contribution is 5.83. The minimum atomic E-state index is -2.27. The minimum absolute atomic E-state index is 0.0875. The van der Waals surface area contributed by atoms with E-state index in [9.17, 15) is 14.7 Å². The second-order valence-corrected chi connectivity index (χ2v) is 4.07. The van der Waals surface area contributed by atoms with Crippen molar-refractivity contribution < 1.29 is 45.3 Å². The zero-order chi connectivity index (χ0) is 17.4. The fraction of sp³-hybridized carbons (Fsp3) is 0.333. The van der Waals surface area contributed by atoms with E-state index in [1.54, 1.807) is 0 Å². The van der Waals surface area contributed by atoms with Crippen LogP contribution >= 0.6 is 0 Å². The summed E-state index contributed by atoms with van der Waals surface area (Å²) in [4.78, 5) is 19.5. The summed E-state index contributed by atoms with van der Waals surface area (Å²) in [6, 6.07) is 4.10. The zero-order valence-corrected chi connectivity index (χ0v) is 11.2. The predicted octanol–water partition coefficient (Wildman–Crippen LogP) is -2.03. The molecule has 22 heavy (non-hydrogen) atoms. The lowest BCUT2D eigenvalue weighted by Crippen LogP contribution is -2.39. The van der Waals surface area contributed by atoms with Crippen LogP contribution < -0.4 is 5.73 Å². The molecule has 0 saturated heterocycles. The smallest absolute Gasteiger partial charge is 0.335 e. The Balaban J connectivity index is 0.000000409. The Kier molecular flexibility index (Phi) is 7.83. The molecule has 0 aliphatic carbocycles. The van der Waals surface area contributed by atoms with Crippen molar-refractivity contribution >= 4 is 11.9 Å². The number of aliphatic hydroxyl groups excluding tert-OH is 3. The maximum absolute atomic E-state index is 9.77. The van der Waals surface area contributed by atoms with Crippen molar-refractivity contribution in [2.24, 2.45) is 5.73 Å². The summed E-state index contributed by atoms with van der Waals surface area (Å²) >= 11 is 0. The van der Waals surface area contributed by atoms with Crippen molar-refractivity contribution in [3.8, 4) is 11.5 Å². The van der Waals surface area contributed by atoms with E-state index in [2.05, 4.69) is 0 Å². The Morgan fingerprint density at radius 1 is 0.955 bits per heavy atom. The van der Waals surface area contributed by atoms with Crippen LogP contribution in [0.3, 0.4) is 0 Å². The molecular weight excluding hydrogens is 302 g/mol. The van der Waals surface area contributed by atoms with Crippen LogP contribution in [0.25, 0.3) is 0 Å². The summed E-state index contributed by atoms with van der Waals surface area (Å²) in [6.07, 6.45) is -5.33. The van der Waals surface area contributed by atoms with E-state index in [4.69, 9.17) is 36.4 Å². The normalized spacial score (nSPS) is 14.2. The Bertz CT molecular complexity index is 501. The largest absolute Gasteiger partial charge is 0.504 e. The maximum atomic E-state index is 9.77. The van der Waals surface area contributed by atoms with Gasteiger partial charge in [0.05, 0.1) is 6.10 Å². The van der Waals surface area contributed by atoms with Crippen LogP contribution in [0.15, 0.2) is 18.2 Å². The number of carboxylic acid groups (broad SMARTS) is 2. The number of carboxylic acids is 2. The molecule has 0 bridgehead atoms. The van der Waals surface area contributed by atoms with Crippen molar-refractivity contribution in [3.05, 3.63) is 23.8 Å². The zero-order valence-electron chi connectivity index (χ0n) is 11.2. The van der Waals surface area contributed by atoms with Crippen molar-refractivity contribution in [3.63, 3.8) is 0 Å². The summed E-state index contributed by atoms with van der Waals surface area (Å²) < 4.78 is 0. The van der Waals surface area contributed by atoms with Crippen LogP contribution in [0.5, 0.6) is 11.5 Å². The molecule has 124 valence electrons. The van der Waals surface area contributed by atoms with Crippen molar-refractivity contribution in [2.75, 3.05) is 6.54 Å². The Morgan fingerprint density at radius 3 is 1.73 bits per heavy atom. The van der Waals surface area contributed by atoms with Gasteiger partial charge in [0.15, 0.2) is 23.7 Å². The van der Waals surface area contributed by atoms with Crippen LogP contribution in [0.2, 0.25) is 0 Å². The number of carbonyl (C=O) groups is 2. The number of phenols is 2. The first-order chi connectivity index (χ1) is 10.1. The quantitative estimate of drug-likeness (QED) is 0.279. The van der Waals surface area contributed by atoms with Gasteiger partial charge in [-0.3, -0.25) is 0 Å². The minimum Gasteiger partial charge on any atom is -0.504 e. The van der Waals surface area contributed by atoms with E-state index in [1.165, 1.54) is 18.2 Å². The number of aliphatic carboxylic acids is 2. The molecule has 0 aliphatic heterocycles. The number of benzene rings is 1. The molecule has 0 fully saturated rings. The molecule has 10 nitrogen and oxygen atoms in total. The third kappa shape index (κ3) is 5.93. The molecule has 0 aliphatic rings. The fourth-order valence-electron chi connectivity index (χ4n) is 1.15. The number of phenolic OH excluding ortho intramolecular Hbond substituents is 2. The number of nitrogens with two attached hydrogens (primary N) is 1. The molecule has 0 amide bonds. The SMILES string of the molecule is NCC(O)c1ccc(O)c(O)c1.O=C(O)C(O)C(O)C(=O)O. The molecule has 9 N–H and O–H groups in total. The lowest BCUT2D eigenvalue weighted by molar-refractivity contribution is -0.165. The molecule has 3 unspecified atom stereocenters. The molecule has 1 rings (SSSR count). The summed E-state index contributed by atoms with van der Waals surface area (Å²) in [6.45, 7) is 0.0875. The number of aliphatic hydroxyl groups is 3. The number of rotatable bonds is 5. The number of hydrogen-bond acceptors (Lipinski definition) is 8.